The third-order valence-electron chi connectivity index (χ3n) is 1.17. The van der Waals surface area contributed by atoms with Crippen molar-refractivity contribution in [2.24, 2.45) is 4.99 Å². The molecule has 1 aliphatic rings. The molecule has 54 valence electrons. The molecule has 1 aliphatic heterocycles. The van der Waals surface area contributed by atoms with Gasteiger partial charge in [0.1, 0.15) is 0 Å². The molecule has 5 heteroatoms. The monoisotopic (exact) mass is 144 g/mol. The van der Waals surface area contributed by atoms with Crippen molar-refractivity contribution in [2.45, 2.75) is 12.5 Å². The van der Waals surface area contributed by atoms with Gasteiger partial charge < -0.3 is 0 Å². The summed E-state index contributed by atoms with van der Waals surface area (Å²) in [5.41, 5.74) is 0. The second kappa shape index (κ2) is 2.55. The fourth-order valence-corrected chi connectivity index (χ4v) is 0.629. The molecule has 0 N–H and O–H groups in total. The number of nitro groups is 1. The highest BCUT2D eigenvalue weighted by Gasteiger charge is 2.18. The molecule has 0 spiro atoms. The molecule has 0 fully saturated rings. The van der Waals surface area contributed by atoms with E-state index in [9.17, 15) is 14.5 Å². The van der Waals surface area contributed by atoms with E-state index >= 15 is 0 Å². The molecule has 0 aromatic rings. The molecule has 4 nitrogen and oxygen atoms in total. The summed E-state index contributed by atoms with van der Waals surface area (Å²) in [4.78, 5) is 12.7. The molecule has 0 radical (unpaired) electrons. The van der Waals surface area contributed by atoms with Crippen molar-refractivity contribution >= 4 is 6.21 Å². The summed E-state index contributed by atoms with van der Waals surface area (Å²) >= 11 is 0. The van der Waals surface area contributed by atoms with Gasteiger partial charge in [0.25, 0.3) is 6.04 Å². The van der Waals surface area contributed by atoms with Crippen molar-refractivity contribution < 1.29 is 9.31 Å². The average molecular weight is 144 g/mol. The number of rotatable bonds is 1. The lowest BCUT2D eigenvalue weighted by Crippen LogP contribution is -2.21. The van der Waals surface area contributed by atoms with Crippen LogP contribution in [0.4, 0.5) is 4.39 Å². The maximum absolute atomic E-state index is 12.1. The topological polar surface area (TPSA) is 55.5 Å². The minimum absolute atomic E-state index is 0.0995. The van der Waals surface area contributed by atoms with E-state index in [1.165, 1.54) is 0 Å². The summed E-state index contributed by atoms with van der Waals surface area (Å²) in [5.74, 6) is -0.641. The molecule has 0 bridgehead atoms. The Hall–Kier alpha value is -1.26. The highest BCUT2D eigenvalue weighted by Crippen LogP contribution is 2.09. The van der Waals surface area contributed by atoms with Gasteiger partial charge in [-0.3, -0.25) is 10.1 Å². The smallest absolute Gasteiger partial charge is 0.251 e. The number of hydrogen-bond donors (Lipinski definition) is 0. The first-order chi connectivity index (χ1) is 4.70. The summed E-state index contributed by atoms with van der Waals surface area (Å²) < 4.78 is 12.1. The fourth-order valence-electron chi connectivity index (χ4n) is 0.629. The number of halogens is 1. The van der Waals surface area contributed by atoms with Gasteiger partial charge >= 0.3 is 0 Å². The van der Waals surface area contributed by atoms with Crippen LogP contribution in [0.1, 0.15) is 6.42 Å². The lowest BCUT2D eigenvalue weighted by atomic mass is 10.2. The predicted octanol–water partition coefficient (Wildman–Crippen LogP) is 0.917. The van der Waals surface area contributed by atoms with Crippen molar-refractivity contribution in [3.8, 4) is 0 Å². The van der Waals surface area contributed by atoms with Crippen LogP contribution in [0.25, 0.3) is 0 Å². The number of nitrogens with zero attached hydrogens (tertiary/aromatic N) is 2. The quantitative estimate of drug-likeness (QED) is 0.312. The van der Waals surface area contributed by atoms with Crippen LogP contribution >= 0.6 is 0 Å². The highest BCUT2D eigenvalue weighted by atomic mass is 19.1. The van der Waals surface area contributed by atoms with Gasteiger partial charge in [-0.2, -0.15) is 4.39 Å². The van der Waals surface area contributed by atoms with Crippen LogP contribution < -0.4 is 0 Å². The Morgan fingerprint density at radius 2 is 2.60 bits per heavy atom. The zero-order valence-electron chi connectivity index (χ0n) is 5.03. The fraction of sp³-hybridized carbons (Fsp3) is 0.400. The van der Waals surface area contributed by atoms with Crippen LogP contribution in [0.15, 0.2) is 17.0 Å². The van der Waals surface area contributed by atoms with Crippen LogP contribution in [0.5, 0.6) is 0 Å². The van der Waals surface area contributed by atoms with Crippen molar-refractivity contribution in [2.75, 3.05) is 0 Å². The third kappa shape index (κ3) is 1.37. The minimum Gasteiger partial charge on any atom is -0.264 e. The molecule has 1 unspecified atom stereocenters. The first-order valence-corrected chi connectivity index (χ1v) is 2.73. The lowest BCUT2D eigenvalue weighted by Gasteiger charge is -2.03. The van der Waals surface area contributed by atoms with Gasteiger partial charge in [-0.15, -0.1) is 0 Å². The van der Waals surface area contributed by atoms with E-state index in [2.05, 4.69) is 4.99 Å². The van der Waals surface area contributed by atoms with Gasteiger partial charge in [-0.25, -0.2) is 4.99 Å². The second-order valence-corrected chi connectivity index (χ2v) is 1.89. The predicted molar refractivity (Wildman–Crippen MR) is 33.1 cm³/mol. The van der Waals surface area contributed by atoms with E-state index in [0.29, 0.717) is 0 Å². The van der Waals surface area contributed by atoms with Crippen LogP contribution in [0.2, 0.25) is 0 Å². The molecule has 0 saturated heterocycles. The molecule has 1 heterocycles. The summed E-state index contributed by atoms with van der Waals surface area (Å²) in [7, 11) is 0. The Kier molecular flexibility index (Phi) is 1.75. The molecule has 10 heavy (non-hydrogen) atoms. The van der Waals surface area contributed by atoms with E-state index in [1.807, 2.05) is 0 Å². The molecule has 1 atom stereocenters. The molecule has 0 amide bonds. The maximum Gasteiger partial charge on any atom is 0.251 e. The van der Waals surface area contributed by atoms with Gasteiger partial charge in [0, 0.05) is 11.3 Å². The first-order valence-electron chi connectivity index (χ1n) is 2.73. The summed E-state index contributed by atoms with van der Waals surface area (Å²) in [6, 6.07) is -0.848. The maximum atomic E-state index is 12.1. The lowest BCUT2D eigenvalue weighted by molar-refractivity contribution is -0.500. The van der Waals surface area contributed by atoms with Gasteiger partial charge in [-0.05, 0) is 6.08 Å². The number of aliphatic imine (C=N–C) groups is 1. The molecule has 1 rings (SSSR count). The SMILES string of the molecule is O=[N+]([O-])C1C=NC(F)=CC1. The normalized spacial score (nSPS) is 24.1. The molecule has 0 aliphatic carbocycles. The van der Waals surface area contributed by atoms with Crippen molar-refractivity contribution in [1.29, 1.82) is 0 Å². The third-order valence-corrected chi connectivity index (χ3v) is 1.17. The minimum atomic E-state index is -0.848. The summed E-state index contributed by atoms with van der Waals surface area (Å²) in [6.07, 6.45) is 2.21. The zero-order chi connectivity index (χ0) is 7.56. The van der Waals surface area contributed by atoms with E-state index < -0.39 is 16.9 Å². The second-order valence-electron chi connectivity index (χ2n) is 1.89. The Morgan fingerprint density at radius 3 is 3.00 bits per heavy atom. The summed E-state index contributed by atoms with van der Waals surface area (Å²) in [6.45, 7) is 0. The molecule has 0 saturated carbocycles. The van der Waals surface area contributed by atoms with E-state index in [-0.39, 0.29) is 6.42 Å². The van der Waals surface area contributed by atoms with Crippen LogP contribution in [-0.4, -0.2) is 17.2 Å². The molecular weight excluding hydrogens is 139 g/mol. The van der Waals surface area contributed by atoms with Gasteiger partial charge in [-0.1, -0.05) is 0 Å². The Labute approximate surface area is 56.2 Å². The van der Waals surface area contributed by atoms with E-state index in [0.717, 1.165) is 12.3 Å². The van der Waals surface area contributed by atoms with E-state index in [1.54, 1.807) is 0 Å². The van der Waals surface area contributed by atoms with Crippen molar-refractivity contribution in [1.82, 2.24) is 0 Å². The van der Waals surface area contributed by atoms with Gasteiger partial charge in [0.2, 0.25) is 5.95 Å². The standard InChI is InChI=1S/C5H5FN2O2/c6-5-2-1-4(3-7-5)8(9)10/h2-4H,1H2. The molecule has 0 aromatic carbocycles. The van der Waals surface area contributed by atoms with Crippen LogP contribution in [0.3, 0.4) is 0 Å². The van der Waals surface area contributed by atoms with Crippen molar-refractivity contribution in [3.63, 3.8) is 0 Å². The highest BCUT2D eigenvalue weighted by molar-refractivity contribution is 5.65. The Bertz CT molecular complexity index is 212. The van der Waals surface area contributed by atoms with Crippen molar-refractivity contribution in [3.05, 3.63) is 22.1 Å². The Balaban J connectivity index is 2.60. The number of hydrogen-bond acceptors (Lipinski definition) is 3. The zero-order valence-corrected chi connectivity index (χ0v) is 5.03. The summed E-state index contributed by atoms with van der Waals surface area (Å²) in [5, 5.41) is 10.0. The van der Waals surface area contributed by atoms with E-state index in [4.69, 9.17) is 0 Å². The van der Waals surface area contributed by atoms with Crippen LogP contribution in [-0.2, 0) is 0 Å². The molecule has 0 aromatic heterocycles. The van der Waals surface area contributed by atoms with Gasteiger partial charge in [0.05, 0.1) is 6.21 Å². The Morgan fingerprint density at radius 1 is 1.90 bits per heavy atom. The molecular formula is C5H5FN2O2. The first kappa shape index (κ1) is 6.85. The van der Waals surface area contributed by atoms with Gasteiger partial charge in [0.15, 0.2) is 0 Å². The van der Waals surface area contributed by atoms with Crippen LogP contribution in [0, 0.1) is 10.1 Å². The average Bonchev–Trinajstić information content (AvgIpc) is 1.88. The largest absolute Gasteiger partial charge is 0.264 e.